The molecule has 1 unspecified atom stereocenters. The summed E-state index contributed by atoms with van der Waals surface area (Å²) in [5, 5.41) is 10.9. The summed E-state index contributed by atoms with van der Waals surface area (Å²) in [6.07, 6.45) is 7.01. The van der Waals surface area contributed by atoms with Gasteiger partial charge in [-0.1, -0.05) is 19.3 Å². The Morgan fingerprint density at radius 1 is 1.27 bits per heavy atom. The zero-order valence-corrected chi connectivity index (χ0v) is 8.79. The molecule has 84 valence electrons. The Kier molecular flexibility index (Phi) is 2.67. The number of aliphatic carboxylic acids is 1. The number of carbonyl (C=O) groups excluding carboxylic acids is 1. The first-order valence-electron chi connectivity index (χ1n) is 5.64. The minimum Gasteiger partial charge on any atom is -0.480 e. The quantitative estimate of drug-likeness (QED) is 0.736. The van der Waals surface area contributed by atoms with E-state index < -0.39 is 5.97 Å². The van der Waals surface area contributed by atoms with Gasteiger partial charge in [0.25, 0.3) is 0 Å². The molecule has 0 saturated heterocycles. The summed E-state index contributed by atoms with van der Waals surface area (Å²) in [6.45, 7) is -0.245. The molecule has 4 heteroatoms. The van der Waals surface area contributed by atoms with Crippen LogP contribution < -0.4 is 5.32 Å². The van der Waals surface area contributed by atoms with Crippen LogP contribution >= 0.6 is 0 Å². The number of carboxylic acid groups (broad SMARTS) is 1. The van der Waals surface area contributed by atoms with Crippen molar-refractivity contribution in [1.82, 2.24) is 5.32 Å². The van der Waals surface area contributed by atoms with Gasteiger partial charge in [-0.05, 0) is 24.7 Å². The van der Waals surface area contributed by atoms with Crippen molar-refractivity contribution in [3.8, 4) is 0 Å². The van der Waals surface area contributed by atoms with E-state index in [2.05, 4.69) is 5.32 Å². The van der Waals surface area contributed by atoms with E-state index in [-0.39, 0.29) is 23.8 Å². The van der Waals surface area contributed by atoms with E-state index in [4.69, 9.17) is 5.11 Å². The van der Waals surface area contributed by atoms with Crippen LogP contribution in [0.25, 0.3) is 0 Å². The maximum absolute atomic E-state index is 11.6. The first kappa shape index (κ1) is 10.5. The van der Waals surface area contributed by atoms with E-state index in [9.17, 15) is 9.59 Å². The number of carboxylic acids is 1. The molecule has 1 spiro atoms. The Bertz CT molecular complexity index is 282. The van der Waals surface area contributed by atoms with Crippen molar-refractivity contribution >= 4 is 11.9 Å². The lowest BCUT2D eigenvalue weighted by Gasteiger charge is -2.21. The SMILES string of the molecule is O=C(O)CNC(=O)C1CC12CCCCC2. The monoisotopic (exact) mass is 211 g/mol. The zero-order chi connectivity index (χ0) is 10.9. The van der Waals surface area contributed by atoms with E-state index in [1.807, 2.05) is 0 Å². The van der Waals surface area contributed by atoms with Gasteiger partial charge in [0.15, 0.2) is 0 Å². The molecule has 0 bridgehead atoms. The smallest absolute Gasteiger partial charge is 0.322 e. The summed E-state index contributed by atoms with van der Waals surface area (Å²) in [4.78, 5) is 21.9. The van der Waals surface area contributed by atoms with Crippen molar-refractivity contribution in [3.05, 3.63) is 0 Å². The molecule has 1 atom stereocenters. The molecular weight excluding hydrogens is 194 g/mol. The molecule has 2 fully saturated rings. The fourth-order valence-electron chi connectivity index (χ4n) is 2.81. The largest absolute Gasteiger partial charge is 0.480 e. The summed E-state index contributed by atoms with van der Waals surface area (Å²) in [7, 11) is 0. The molecule has 2 rings (SSSR count). The third kappa shape index (κ3) is 2.13. The van der Waals surface area contributed by atoms with Gasteiger partial charge >= 0.3 is 5.97 Å². The maximum Gasteiger partial charge on any atom is 0.322 e. The Hall–Kier alpha value is -1.06. The topological polar surface area (TPSA) is 66.4 Å². The first-order valence-corrected chi connectivity index (χ1v) is 5.64. The molecule has 0 aromatic rings. The number of amides is 1. The summed E-state index contributed by atoms with van der Waals surface area (Å²) in [6, 6.07) is 0. The highest BCUT2D eigenvalue weighted by atomic mass is 16.4. The summed E-state index contributed by atoms with van der Waals surface area (Å²) < 4.78 is 0. The molecule has 0 aromatic carbocycles. The van der Waals surface area contributed by atoms with Gasteiger partial charge in [0, 0.05) is 5.92 Å². The number of hydrogen-bond donors (Lipinski definition) is 2. The Morgan fingerprint density at radius 3 is 2.53 bits per heavy atom. The van der Waals surface area contributed by atoms with Gasteiger partial charge in [-0.2, -0.15) is 0 Å². The van der Waals surface area contributed by atoms with Crippen molar-refractivity contribution in [1.29, 1.82) is 0 Å². The fourth-order valence-corrected chi connectivity index (χ4v) is 2.81. The molecule has 2 aliphatic carbocycles. The highest BCUT2D eigenvalue weighted by Crippen LogP contribution is 2.61. The lowest BCUT2D eigenvalue weighted by molar-refractivity contribution is -0.138. The van der Waals surface area contributed by atoms with E-state index in [0.717, 1.165) is 19.3 Å². The normalized spacial score (nSPS) is 27.3. The predicted octanol–water partition coefficient (Wildman–Crippen LogP) is 1.16. The minimum absolute atomic E-state index is 0.0562. The van der Waals surface area contributed by atoms with Crippen molar-refractivity contribution in [2.24, 2.45) is 11.3 Å². The lowest BCUT2D eigenvalue weighted by Crippen LogP contribution is -2.32. The fraction of sp³-hybridized carbons (Fsp3) is 0.818. The second kappa shape index (κ2) is 3.83. The maximum atomic E-state index is 11.6. The van der Waals surface area contributed by atoms with Gasteiger partial charge in [0.2, 0.25) is 5.91 Å². The third-order valence-electron chi connectivity index (χ3n) is 3.77. The summed E-state index contributed by atoms with van der Waals surface area (Å²) in [5.41, 5.74) is 0.251. The molecule has 1 amide bonds. The molecule has 0 aromatic heterocycles. The van der Waals surface area contributed by atoms with Crippen LogP contribution in [0.15, 0.2) is 0 Å². The van der Waals surface area contributed by atoms with Crippen LogP contribution in [0.3, 0.4) is 0 Å². The summed E-state index contributed by atoms with van der Waals surface area (Å²) in [5.74, 6) is -0.932. The highest BCUT2D eigenvalue weighted by molar-refractivity contribution is 5.85. The first-order chi connectivity index (χ1) is 7.14. The molecule has 2 aliphatic rings. The van der Waals surface area contributed by atoms with Crippen LogP contribution in [-0.4, -0.2) is 23.5 Å². The second-order valence-electron chi connectivity index (χ2n) is 4.79. The number of carbonyl (C=O) groups is 2. The predicted molar refractivity (Wildman–Crippen MR) is 54.3 cm³/mol. The van der Waals surface area contributed by atoms with E-state index in [1.165, 1.54) is 19.3 Å². The van der Waals surface area contributed by atoms with Gasteiger partial charge in [0.05, 0.1) is 0 Å². The molecule has 2 N–H and O–H groups in total. The lowest BCUT2D eigenvalue weighted by atomic mass is 9.84. The molecule has 2 saturated carbocycles. The van der Waals surface area contributed by atoms with Crippen LogP contribution in [0, 0.1) is 11.3 Å². The second-order valence-corrected chi connectivity index (χ2v) is 4.79. The van der Waals surface area contributed by atoms with Gasteiger partial charge in [-0.3, -0.25) is 9.59 Å². The van der Waals surface area contributed by atoms with Crippen molar-refractivity contribution in [2.45, 2.75) is 38.5 Å². The van der Waals surface area contributed by atoms with Crippen LogP contribution in [-0.2, 0) is 9.59 Å². The van der Waals surface area contributed by atoms with Crippen LogP contribution in [0.5, 0.6) is 0 Å². The highest BCUT2D eigenvalue weighted by Gasteiger charge is 2.57. The standard InChI is InChI=1S/C11H17NO3/c13-9(14)7-12-10(15)8-6-11(8)4-2-1-3-5-11/h8H,1-7H2,(H,12,15)(H,13,14). The van der Waals surface area contributed by atoms with Crippen LogP contribution in [0.2, 0.25) is 0 Å². The molecular formula is C11H17NO3. The number of hydrogen-bond acceptors (Lipinski definition) is 2. The van der Waals surface area contributed by atoms with Crippen molar-refractivity contribution in [3.63, 3.8) is 0 Å². The van der Waals surface area contributed by atoms with Gasteiger partial charge in [0.1, 0.15) is 6.54 Å². The molecule has 0 radical (unpaired) electrons. The van der Waals surface area contributed by atoms with E-state index in [0.29, 0.717) is 0 Å². The molecule has 15 heavy (non-hydrogen) atoms. The third-order valence-corrected chi connectivity index (χ3v) is 3.77. The van der Waals surface area contributed by atoms with Crippen LogP contribution in [0.4, 0.5) is 0 Å². The van der Waals surface area contributed by atoms with Crippen LogP contribution in [0.1, 0.15) is 38.5 Å². The Balaban J connectivity index is 1.81. The average Bonchev–Trinajstić information content (AvgIpc) is 2.90. The Labute approximate surface area is 89.0 Å². The van der Waals surface area contributed by atoms with Gasteiger partial charge in [-0.25, -0.2) is 0 Å². The van der Waals surface area contributed by atoms with E-state index >= 15 is 0 Å². The van der Waals surface area contributed by atoms with E-state index in [1.54, 1.807) is 0 Å². The van der Waals surface area contributed by atoms with Gasteiger partial charge in [-0.15, -0.1) is 0 Å². The number of nitrogens with one attached hydrogen (secondary N) is 1. The minimum atomic E-state index is -0.971. The van der Waals surface area contributed by atoms with Crippen molar-refractivity contribution in [2.75, 3.05) is 6.54 Å². The Morgan fingerprint density at radius 2 is 1.93 bits per heavy atom. The number of rotatable bonds is 3. The summed E-state index contributed by atoms with van der Waals surface area (Å²) >= 11 is 0. The van der Waals surface area contributed by atoms with Crippen molar-refractivity contribution < 1.29 is 14.7 Å². The molecule has 0 aliphatic heterocycles. The average molecular weight is 211 g/mol. The zero-order valence-electron chi connectivity index (χ0n) is 8.79. The van der Waals surface area contributed by atoms with Gasteiger partial charge < -0.3 is 10.4 Å². The molecule has 0 heterocycles. The molecule has 4 nitrogen and oxygen atoms in total.